The number of ether oxygens (including phenoxy) is 1. The quantitative estimate of drug-likeness (QED) is 0.782. The number of fused-ring (bicyclic) bond motifs is 1. The molecule has 0 saturated carbocycles. The minimum Gasteiger partial charge on any atom is -0.370 e. The predicted molar refractivity (Wildman–Crippen MR) is 76.1 cm³/mol. The number of carbonyl (C=O) groups excluding carboxylic acids is 1. The van der Waals surface area contributed by atoms with Gasteiger partial charge in [0.05, 0.1) is 11.0 Å². The number of nitrogens with zero attached hydrogens (tertiary/aromatic N) is 2. The van der Waals surface area contributed by atoms with Gasteiger partial charge in [-0.05, 0) is 37.5 Å². The van der Waals surface area contributed by atoms with Crippen molar-refractivity contribution in [3.8, 4) is 0 Å². The van der Waals surface area contributed by atoms with Gasteiger partial charge < -0.3 is 4.74 Å². The highest BCUT2D eigenvalue weighted by Crippen LogP contribution is 2.20. The zero-order chi connectivity index (χ0) is 14.3. The second kappa shape index (κ2) is 4.90. The van der Waals surface area contributed by atoms with Crippen LogP contribution in [0.15, 0.2) is 23.0 Å². The Morgan fingerprint density at radius 3 is 2.65 bits per heavy atom. The number of benzene rings is 1. The lowest BCUT2D eigenvalue weighted by Gasteiger charge is -2.21. The van der Waals surface area contributed by atoms with Crippen LogP contribution in [0.2, 0.25) is 0 Å². The highest BCUT2D eigenvalue weighted by Gasteiger charge is 2.23. The summed E-state index contributed by atoms with van der Waals surface area (Å²) in [5.74, 6) is 0.0166. The molecule has 0 radical (unpaired) electrons. The van der Waals surface area contributed by atoms with Crippen LogP contribution >= 0.6 is 0 Å². The van der Waals surface area contributed by atoms with Crippen LogP contribution < -0.4 is 5.69 Å². The fourth-order valence-electron chi connectivity index (χ4n) is 2.79. The second-order valence-corrected chi connectivity index (χ2v) is 5.32. The van der Waals surface area contributed by atoms with Crippen molar-refractivity contribution >= 4 is 16.8 Å². The zero-order valence-corrected chi connectivity index (χ0v) is 11.8. The molecule has 1 aliphatic heterocycles. The summed E-state index contributed by atoms with van der Waals surface area (Å²) in [6.07, 6.45) is 2.50. The Bertz CT molecular complexity index is 721. The molecule has 0 aliphatic carbocycles. The predicted octanol–water partition coefficient (Wildman–Crippen LogP) is 1.63. The van der Waals surface area contributed by atoms with E-state index in [-0.39, 0.29) is 17.6 Å². The summed E-state index contributed by atoms with van der Waals surface area (Å²) in [7, 11) is 3.45. The van der Waals surface area contributed by atoms with Crippen LogP contribution in [0.5, 0.6) is 0 Å². The third kappa shape index (κ3) is 1.98. The number of hydrogen-bond acceptors (Lipinski definition) is 3. The van der Waals surface area contributed by atoms with Crippen molar-refractivity contribution in [3.63, 3.8) is 0 Å². The Hall–Kier alpha value is -1.88. The molecule has 2 aromatic rings. The summed E-state index contributed by atoms with van der Waals surface area (Å²) in [5, 5.41) is 0. The van der Waals surface area contributed by atoms with Crippen LogP contribution in [0.3, 0.4) is 0 Å². The lowest BCUT2D eigenvalue weighted by molar-refractivity contribution is 0.0186. The van der Waals surface area contributed by atoms with Crippen LogP contribution in [-0.2, 0) is 18.8 Å². The molecule has 1 saturated heterocycles. The monoisotopic (exact) mass is 274 g/mol. The van der Waals surface area contributed by atoms with Crippen LogP contribution in [0.25, 0.3) is 11.0 Å². The Kier molecular flexibility index (Phi) is 3.22. The number of hydrogen-bond donors (Lipinski definition) is 0. The fourth-order valence-corrected chi connectivity index (χ4v) is 2.79. The van der Waals surface area contributed by atoms with E-state index in [2.05, 4.69) is 0 Å². The van der Waals surface area contributed by atoms with Crippen molar-refractivity contribution in [3.05, 3.63) is 34.2 Å². The van der Waals surface area contributed by atoms with Gasteiger partial charge in [0, 0.05) is 26.3 Å². The first-order valence-electron chi connectivity index (χ1n) is 6.91. The molecule has 5 nitrogen and oxygen atoms in total. The SMILES string of the molecule is Cn1c(=O)n(C)c2cc(C(=O)C3CCCCO3)ccc21. The second-order valence-electron chi connectivity index (χ2n) is 5.32. The molecule has 3 rings (SSSR count). The molecule has 0 spiro atoms. The molecule has 106 valence electrons. The van der Waals surface area contributed by atoms with Gasteiger partial charge in [-0.25, -0.2) is 4.79 Å². The maximum absolute atomic E-state index is 12.4. The van der Waals surface area contributed by atoms with E-state index in [9.17, 15) is 9.59 Å². The summed E-state index contributed by atoms with van der Waals surface area (Å²) in [5.41, 5.74) is 2.14. The van der Waals surface area contributed by atoms with E-state index in [1.54, 1.807) is 35.4 Å². The topological polar surface area (TPSA) is 53.2 Å². The van der Waals surface area contributed by atoms with Crippen LogP contribution in [0.1, 0.15) is 29.6 Å². The van der Waals surface area contributed by atoms with Gasteiger partial charge in [-0.15, -0.1) is 0 Å². The van der Waals surface area contributed by atoms with E-state index >= 15 is 0 Å². The van der Waals surface area contributed by atoms with E-state index in [0.29, 0.717) is 12.2 Å². The molecular weight excluding hydrogens is 256 g/mol. The Labute approximate surface area is 116 Å². The number of ketones is 1. The van der Waals surface area contributed by atoms with E-state index < -0.39 is 0 Å². The molecular formula is C15H18N2O3. The molecule has 0 amide bonds. The summed E-state index contributed by atoms with van der Waals surface area (Å²) in [4.78, 5) is 24.3. The molecule has 5 heteroatoms. The van der Waals surface area contributed by atoms with Gasteiger partial charge in [-0.3, -0.25) is 13.9 Å². The molecule has 2 heterocycles. The smallest absolute Gasteiger partial charge is 0.328 e. The lowest BCUT2D eigenvalue weighted by atomic mass is 9.99. The Morgan fingerprint density at radius 2 is 1.95 bits per heavy atom. The number of rotatable bonds is 2. The van der Waals surface area contributed by atoms with Gasteiger partial charge in [0.1, 0.15) is 6.10 Å². The van der Waals surface area contributed by atoms with Gasteiger partial charge in [0.15, 0.2) is 5.78 Å². The fraction of sp³-hybridized carbons (Fsp3) is 0.467. The first-order chi connectivity index (χ1) is 9.59. The summed E-state index contributed by atoms with van der Waals surface area (Å²) < 4.78 is 8.69. The van der Waals surface area contributed by atoms with Crippen molar-refractivity contribution < 1.29 is 9.53 Å². The molecule has 1 aliphatic rings. The third-order valence-electron chi connectivity index (χ3n) is 4.03. The van der Waals surface area contributed by atoms with E-state index in [1.165, 1.54) is 0 Å². The van der Waals surface area contributed by atoms with Gasteiger partial charge in [0.25, 0.3) is 0 Å². The number of aromatic nitrogens is 2. The molecule has 1 fully saturated rings. The molecule has 0 N–H and O–H groups in total. The van der Waals surface area contributed by atoms with Crippen molar-refractivity contribution in [1.82, 2.24) is 9.13 Å². The molecule has 1 unspecified atom stereocenters. The van der Waals surface area contributed by atoms with E-state index in [4.69, 9.17) is 4.74 Å². The highest BCUT2D eigenvalue weighted by atomic mass is 16.5. The number of carbonyl (C=O) groups is 1. The van der Waals surface area contributed by atoms with Gasteiger partial charge in [0.2, 0.25) is 0 Å². The zero-order valence-electron chi connectivity index (χ0n) is 11.8. The minimum absolute atomic E-state index is 0.0166. The van der Waals surface area contributed by atoms with Crippen LogP contribution in [-0.4, -0.2) is 27.6 Å². The molecule has 1 aromatic heterocycles. The Balaban J connectivity index is 2.02. The maximum Gasteiger partial charge on any atom is 0.328 e. The van der Waals surface area contributed by atoms with Gasteiger partial charge in [-0.1, -0.05) is 0 Å². The average molecular weight is 274 g/mol. The third-order valence-corrected chi connectivity index (χ3v) is 4.03. The molecule has 1 atom stereocenters. The normalized spacial score (nSPS) is 19.4. The van der Waals surface area contributed by atoms with Crippen molar-refractivity contribution in [2.24, 2.45) is 14.1 Å². The number of aryl methyl sites for hydroxylation is 2. The summed E-state index contributed by atoms with van der Waals surface area (Å²) >= 11 is 0. The summed E-state index contributed by atoms with van der Waals surface area (Å²) in [6.45, 7) is 0.655. The largest absolute Gasteiger partial charge is 0.370 e. The minimum atomic E-state index is -0.332. The number of Topliss-reactive ketones (excluding diaryl/α,β-unsaturated/α-hetero) is 1. The van der Waals surface area contributed by atoms with Crippen molar-refractivity contribution in [1.29, 1.82) is 0 Å². The highest BCUT2D eigenvalue weighted by molar-refractivity contribution is 6.01. The lowest BCUT2D eigenvalue weighted by Crippen LogP contribution is -2.28. The van der Waals surface area contributed by atoms with Crippen molar-refractivity contribution in [2.45, 2.75) is 25.4 Å². The average Bonchev–Trinajstić information content (AvgIpc) is 2.72. The van der Waals surface area contributed by atoms with Crippen LogP contribution in [0, 0.1) is 0 Å². The van der Waals surface area contributed by atoms with Gasteiger partial charge >= 0.3 is 5.69 Å². The maximum atomic E-state index is 12.4. The van der Waals surface area contributed by atoms with Crippen molar-refractivity contribution in [2.75, 3.05) is 6.61 Å². The molecule has 0 bridgehead atoms. The molecule has 1 aromatic carbocycles. The first-order valence-corrected chi connectivity index (χ1v) is 6.91. The van der Waals surface area contributed by atoms with E-state index in [1.807, 2.05) is 6.07 Å². The first kappa shape index (κ1) is 13.1. The van der Waals surface area contributed by atoms with E-state index in [0.717, 1.165) is 30.3 Å². The van der Waals surface area contributed by atoms with Gasteiger partial charge in [-0.2, -0.15) is 0 Å². The van der Waals surface area contributed by atoms with Crippen LogP contribution in [0.4, 0.5) is 0 Å². The standard InChI is InChI=1S/C15H18N2O3/c1-16-11-7-6-10(9-12(11)17(2)15(16)19)14(18)13-5-3-4-8-20-13/h6-7,9,13H,3-5,8H2,1-2H3. The Morgan fingerprint density at radius 1 is 1.20 bits per heavy atom. The summed E-state index contributed by atoms with van der Waals surface area (Å²) in [6, 6.07) is 5.39. The molecule has 20 heavy (non-hydrogen) atoms. The number of imidazole rings is 1.